The molecule has 0 atom stereocenters. The Hall–Kier alpha value is -1.67. The molecule has 0 saturated heterocycles. The third-order valence-electron chi connectivity index (χ3n) is 2.06. The highest BCUT2D eigenvalue weighted by molar-refractivity contribution is 7.80. The molecule has 5 heteroatoms. The van der Waals surface area contributed by atoms with Crippen molar-refractivity contribution in [1.29, 1.82) is 5.26 Å². The van der Waals surface area contributed by atoms with E-state index in [1.165, 1.54) is 0 Å². The molecule has 3 rings (SSSR count). The fourth-order valence-electron chi connectivity index (χ4n) is 1.51. The second-order valence-corrected chi connectivity index (χ2v) is 3.14. The first kappa shape index (κ1) is 6.80. The first-order chi connectivity index (χ1) is 6.24. The van der Waals surface area contributed by atoms with E-state index in [-0.39, 0.29) is 11.1 Å². The number of benzene rings is 1. The van der Waals surface area contributed by atoms with Gasteiger partial charge in [0.1, 0.15) is 17.2 Å². The third kappa shape index (κ3) is 0.543. The Bertz CT molecular complexity index is 578. The lowest BCUT2D eigenvalue weighted by atomic mass is 10.1. The summed E-state index contributed by atoms with van der Waals surface area (Å²) >= 11 is 4.09. The maximum absolute atomic E-state index is 11.2. The summed E-state index contributed by atoms with van der Waals surface area (Å²) in [5.74, 6) is -0.182. The quantitative estimate of drug-likeness (QED) is 0.507. The Kier molecular flexibility index (Phi) is 0.944. The van der Waals surface area contributed by atoms with Gasteiger partial charge in [-0.1, -0.05) is 0 Å². The number of fused-ring (bicyclic) bond motifs is 1. The third-order valence-corrected chi connectivity index (χ3v) is 2.46. The van der Waals surface area contributed by atoms with Crippen LogP contribution in [0.4, 0.5) is 0 Å². The van der Waals surface area contributed by atoms with Crippen molar-refractivity contribution in [3.63, 3.8) is 0 Å². The van der Waals surface area contributed by atoms with E-state index in [0.29, 0.717) is 21.8 Å². The lowest BCUT2D eigenvalue weighted by Gasteiger charge is -1.88. The number of esters is 1. The van der Waals surface area contributed by atoms with Gasteiger partial charge in [-0.25, -0.2) is 4.79 Å². The van der Waals surface area contributed by atoms with Crippen molar-refractivity contribution < 1.29 is 13.9 Å². The zero-order chi connectivity index (χ0) is 9.16. The van der Waals surface area contributed by atoms with Gasteiger partial charge >= 0.3 is 5.97 Å². The van der Waals surface area contributed by atoms with Gasteiger partial charge in [-0.3, -0.25) is 0 Å². The van der Waals surface area contributed by atoms with Crippen molar-refractivity contribution in [3.8, 4) is 11.8 Å². The Morgan fingerprint density at radius 2 is 2.15 bits per heavy atom. The zero-order valence-corrected chi connectivity index (χ0v) is 7.01. The second kappa shape index (κ2) is 1.80. The number of ether oxygens (including phenoxy) is 1. The average Bonchev–Trinajstić information content (AvgIpc) is 2.68. The molecule has 3 heterocycles. The van der Waals surface area contributed by atoms with Crippen LogP contribution in [-0.2, 0) is 0 Å². The van der Waals surface area contributed by atoms with E-state index in [9.17, 15) is 4.79 Å². The summed E-state index contributed by atoms with van der Waals surface area (Å²) in [6, 6.07) is 1.90. The number of hydrogen-bond acceptors (Lipinski definition) is 5. The van der Waals surface area contributed by atoms with Crippen LogP contribution in [0.25, 0.3) is 11.2 Å². The van der Waals surface area contributed by atoms with Crippen LogP contribution < -0.4 is 4.74 Å². The topological polar surface area (TPSA) is 63.2 Å². The van der Waals surface area contributed by atoms with Crippen molar-refractivity contribution in [2.45, 2.75) is 4.90 Å². The van der Waals surface area contributed by atoms with E-state index >= 15 is 0 Å². The Morgan fingerprint density at radius 1 is 1.38 bits per heavy atom. The van der Waals surface area contributed by atoms with Crippen LogP contribution in [0.5, 0.6) is 5.75 Å². The number of nitrogens with zero attached hydrogens (tertiary/aromatic N) is 1. The Balaban J connectivity index is 2.60. The number of furan rings is 2. The van der Waals surface area contributed by atoms with Crippen LogP contribution in [-0.4, -0.2) is 5.97 Å². The van der Waals surface area contributed by atoms with E-state index in [1.54, 1.807) is 0 Å². The average molecular weight is 191 g/mol. The van der Waals surface area contributed by atoms with Gasteiger partial charge in [0.25, 0.3) is 0 Å². The molecule has 0 spiro atoms. The summed E-state index contributed by atoms with van der Waals surface area (Å²) in [5.41, 5.74) is 1.16. The maximum Gasteiger partial charge on any atom is 0.349 e. The molecule has 0 fully saturated rings. The number of hydrogen-bond donors (Lipinski definition) is 1. The van der Waals surface area contributed by atoms with Gasteiger partial charge in [-0.05, 0) is 0 Å². The first-order valence-electron chi connectivity index (χ1n) is 3.47. The van der Waals surface area contributed by atoms with Crippen molar-refractivity contribution >= 4 is 29.8 Å². The molecular formula is C8HNO3S. The number of thiol groups is 1. The summed E-state index contributed by atoms with van der Waals surface area (Å²) in [6.45, 7) is 0. The summed E-state index contributed by atoms with van der Waals surface area (Å²) < 4.78 is 10.0. The molecule has 0 aliphatic carbocycles. The van der Waals surface area contributed by atoms with E-state index in [1.807, 2.05) is 6.07 Å². The van der Waals surface area contributed by atoms with E-state index < -0.39 is 5.97 Å². The van der Waals surface area contributed by atoms with Crippen LogP contribution in [0.3, 0.4) is 0 Å². The smallest absolute Gasteiger partial charge is 0.349 e. The van der Waals surface area contributed by atoms with E-state index in [2.05, 4.69) is 12.6 Å². The minimum atomic E-state index is -0.527. The molecule has 1 aliphatic rings. The minimum absolute atomic E-state index is 0.228. The monoisotopic (exact) mass is 191 g/mol. The fourth-order valence-corrected chi connectivity index (χ4v) is 1.81. The van der Waals surface area contributed by atoms with Crippen molar-refractivity contribution in [1.82, 2.24) is 0 Å². The minimum Gasteiger partial charge on any atom is -0.450 e. The molecule has 0 saturated carbocycles. The van der Waals surface area contributed by atoms with Crippen molar-refractivity contribution in [2.24, 2.45) is 0 Å². The summed E-state index contributed by atoms with van der Waals surface area (Å²) in [4.78, 5) is 11.6. The molecule has 13 heavy (non-hydrogen) atoms. The standard InChI is InChI=1S/C8HNO3S/c9-1-2-3-5-6(12-8(3)10)7(13)4(2)11-5/h13H. The van der Waals surface area contributed by atoms with Gasteiger partial charge in [0, 0.05) is 0 Å². The van der Waals surface area contributed by atoms with Crippen molar-refractivity contribution in [2.75, 3.05) is 0 Å². The lowest BCUT2D eigenvalue weighted by Crippen LogP contribution is -2.01. The number of carbonyl (C=O) groups excluding carboxylic acids is 1. The SMILES string of the molecule is N#Cc1c2c3oc1c(S)c3OC2=O. The largest absolute Gasteiger partial charge is 0.450 e. The Labute approximate surface area is 77.4 Å². The predicted octanol–water partition coefficient (Wildman–Crippen LogP) is 1.56. The number of carbonyl (C=O) groups is 1. The summed E-state index contributed by atoms with van der Waals surface area (Å²) in [5, 5.41) is 8.76. The fraction of sp³-hybridized carbons (Fsp3) is 0. The van der Waals surface area contributed by atoms with E-state index in [0.717, 1.165) is 0 Å². The van der Waals surface area contributed by atoms with Gasteiger partial charge in [0.05, 0.1) is 4.90 Å². The van der Waals surface area contributed by atoms with Crippen LogP contribution in [0, 0.1) is 11.3 Å². The van der Waals surface area contributed by atoms with Crippen LogP contribution in [0.1, 0.15) is 15.9 Å². The highest BCUT2D eigenvalue weighted by Gasteiger charge is 2.38. The molecule has 2 bridgehead atoms. The highest BCUT2D eigenvalue weighted by Crippen LogP contribution is 2.48. The van der Waals surface area contributed by atoms with Crippen LogP contribution in [0.15, 0.2) is 9.31 Å². The summed E-state index contributed by atoms with van der Waals surface area (Å²) in [6.07, 6.45) is 0. The second-order valence-electron chi connectivity index (χ2n) is 2.69. The Morgan fingerprint density at radius 3 is 2.85 bits per heavy atom. The van der Waals surface area contributed by atoms with Gasteiger partial charge < -0.3 is 9.15 Å². The molecule has 0 amide bonds. The van der Waals surface area contributed by atoms with Crippen LogP contribution in [0.2, 0.25) is 0 Å². The molecular weight excluding hydrogens is 190 g/mol. The predicted molar refractivity (Wildman–Crippen MR) is 44.3 cm³/mol. The molecule has 2 aromatic rings. The highest BCUT2D eigenvalue weighted by atomic mass is 32.1. The van der Waals surface area contributed by atoms with E-state index in [4.69, 9.17) is 14.4 Å². The molecule has 1 aliphatic heterocycles. The molecule has 0 unspecified atom stereocenters. The molecule has 0 N–H and O–H groups in total. The zero-order valence-electron chi connectivity index (χ0n) is 6.12. The van der Waals surface area contributed by atoms with Gasteiger partial charge in [-0.2, -0.15) is 5.26 Å². The van der Waals surface area contributed by atoms with Gasteiger partial charge in [-0.15, -0.1) is 12.6 Å². The number of nitriles is 1. The van der Waals surface area contributed by atoms with Gasteiger partial charge in [0.2, 0.25) is 0 Å². The lowest BCUT2D eigenvalue weighted by molar-refractivity contribution is 0.0752. The molecule has 0 radical (unpaired) electrons. The molecule has 0 aromatic carbocycles. The van der Waals surface area contributed by atoms with Crippen molar-refractivity contribution in [3.05, 3.63) is 11.1 Å². The molecule has 62 valence electrons. The molecule has 4 nitrogen and oxygen atoms in total. The van der Waals surface area contributed by atoms with Crippen LogP contribution >= 0.6 is 12.6 Å². The molecule has 2 aromatic heterocycles. The maximum atomic E-state index is 11.2. The summed E-state index contributed by atoms with van der Waals surface area (Å²) in [7, 11) is 0. The first-order valence-corrected chi connectivity index (χ1v) is 3.92. The van der Waals surface area contributed by atoms with Gasteiger partial charge in [0.15, 0.2) is 16.9 Å². The number of rotatable bonds is 0. The normalized spacial score (nSPS) is 13.7.